The first kappa shape index (κ1) is 29.3. The average molecular weight is 570 g/mol. The topological polar surface area (TPSA) is 92.9 Å². The fourth-order valence-electron chi connectivity index (χ4n) is 4.49. The SMILES string of the molecule is COc1ccccc1CN(C[C@@H](Cc1c[nH]c2ccccc12)NC(=O)COc1ccc(OC(F)(F)F)cc1)C(C)=O. The summed E-state index contributed by atoms with van der Waals surface area (Å²) >= 11 is 0. The molecule has 2 amide bonds. The van der Waals surface area contributed by atoms with Crippen molar-refractivity contribution in [1.29, 1.82) is 0 Å². The molecule has 41 heavy (non-hydrogen) atoms. The number of alkyl halides is 3. The van der Waals surface area contributed by atoms with Crippen molar-refractivity contribution >= 4 is 22.7 Å². The molecule has 2 N–H and O–H groups in total. The van der Waals surface area contributed by atoms with Crippen molar-refractivity contribution in [2.24, 2.45) is 0 Å². The number of aromatic nitrogens is 1. The highest BCUT2D eigenvalue weighted by atomic mass is 19.4. The summed E-state index contributed by atoms with van der Waals surface area (Å²) in [7, 11) is 1.56. The Kier molecular flexibility index (Phi) is 9.38. The second-order valence-corrected chi connectivity index (χ2v) is 9.35. The third-order valence-corrected chi connectivity index (χ3v) is 6.37. The molecule has 0 spiro atoms. The Morgan fingerprint density at radius 2 is 1.63 bits per heavy atom. The second kappa shape index (κ2) is 13.1. The number of benzene rings is 3. The zero-order valence-corrected chi connectivity index (χ0v) is 22.5. The highest BCUT2D eigenvalue weighted by Gasteiger charge is 2.31. The zero-order valence-electron chi connectivity index (χ0n) is 22.5. The molecular formula is C30H30F3N3O5. The number of ether oxygens (including phenoxy) is 3. The molecule has 216 valence electrons. The van der Waals surface area contributed by atoms with Crippen LogP contribution in [0.5, 0.6) is 17.2 Å². The number of para-hydroxylation sites is 2. The van der Waals surface area contributed by atoms with Crippen molar-refractivity contribution in [1.82, 2.24) is 15.2 Å². The molecule has 1 atom stereocenters. The molecule has 0 bridgehead atoms. The van der Waals surface area contributed by atoms with E-state index in [1.165, 1.54) is 19.1 Å². The van der Waals surface area contributed by atoms with E-state index < -0.39 is 24.1 Å². The van der Waals surface area contributed by atoms with Gasteiger partial charge in [0, 0.05) is 42.7 Å². The van der Waals surface area contributed by atoms with E-state index in [-0.39, 0.29) is 31.4 Å². The lowest BCUT2D eigenvalue weighted by molar-refractivity contribution is -0.274. The summed E-state index contributed by atoms with van der Waals surface area (Å²) in [5.41, 5.74) is 2.74. The summed E-state index contributed by atoms with van der Waals surface area (Å²) in [5, 5.41) is 3.96. The van der Waals surface area contributed by atoms with E-state index in [1.807, 2.05) is 54.7 Å². The number of carbonyl (C=O) groups is 2. The average Bonchev–Trinajstić information content (AvgIpc) is 3.34. The number of halogens is 3. The fraction of sp³-hybridized carbons (Fsp3) is 0.267. The van der Waals surface area contributed by atoms with E-state index >= 15 is 0 Å². The summed E-state index contributed by atoms with van der Waals surface area (Å²) < 4.78 is 52.0. The number of amides is 2. The van der Waals surface area contributed by atoms with Gasteiger partial charge in [-0.15, -0.1) is 13.2 Å². The lowest BCUT2D eigenvalue weighted by Gasteiger charge is -2.28. The van der Waals surface area contributed by atoms with Crippen molar-refractivity contribution in [2.45, 2.75) is 32.3 Å². The number of rotatable bonds is 12. The summed E-state index contributed by atoms with van der Waals surface area (Å²) in [6.45, 7) is 1.58. The van der Waals surface area contributed by atoms with Crippen LogP contribution < -0.4 is 19.5 Å². The van der Waals surface area contributed by atoms with Gasteiger partial charge in [0.2, 0.25) is 5.91 Å². The molecule has 4 rings (SSSR count). The van der Waals surface area contributed by atoms with Gasteiger partial charge in [-0.25, -0.2) is 0 Å². The molecule has 4 aromatic rings. The van der Waals surface area contributed by atoms with Crippen LogP contribution in [0.3, 0.4) is 0 Å². The van der Waals surface area contributed by atoms with Crippen LogP contribution in [0.4, 0.5) is 13.2 Å². The van der Waals surface area contributed by atoms with Crippen molar-refractivity contribution < 1.29 is 37.0 Å². The standard InChI is InChI=1S/C30H30F3N3O5/c1-20(37)36(17-21-7-3-6-10-28(21)39-2)18-23(15-22-16-34-27-9-5-4-8-26(22)27)35-29(38)19-40-24-11-13-25(14-12-24)41-30(31,32)33/h3-14,16,23,34H,15,17-19H2,1-2H3,(H,35,38)/t23-/m1/s1. The molecule has 0 saturated carbocycles. The number of aromatic amines is 1. The number of fused-ring (bicyclic) bond motifs is 1. The monoisotopic (exact) mass is 569 g/mol. The van der Waals surface area contributed by atoms with Crippen molar-refractivity contribution in [3.05, 3.63) is 90.1 Å². The van der Waals surface area contributed by atoms with Gasteiger partial charge in [-0.3, -0.25) is 9.59 Å². The lowest BCUT2D eigenvalue weighted by atomic mass is 10.0. The van der Waals surface area contributed by atoms with Crippen molar-refractivity contribution in [2.75, 3.05) is 20.3 Å². The van der Waals surface area contributed by atoms with Crippen LogP contribution in [0.25, 0.3) is 10.9 Å². The first-order valence-corrected chi connectivity index (χ1v) is 12.8. The van der Waals surface area contributed by atoms with Gasteiger partial charge < -0.3 is 29.4 Å². The van der Waals surface area contributed by atoms with E-state index in [0.29, 0.717) is 12.2 Å². The number of methoxy groups -OCH3 is 1. The van der Waals surface area contributed by atoms with Gasteiger partial charge in [0.25, 0.3) is 5.91 Å². The molecule has 0 saturated heterocycles. The normalized spacial score (nSPS) is 12.0. The fourth-order valence-corrected chi connectivity index (χ4v) is 4.49. The highest BCUT2D eigenvalue weighted by molar-refractivity contribution is 5.83. The van der Waals surface area contributed by atoms with Crippen molar-refractivity contribution in [3.63, 3.8) is 0 Å². The highest BCUT2D eigenvalue weighted by Crippen LogP contribution is 2.25. The van der Waals surface area contributed by atoms with Gasteiger partial charge in [0.1, 0.15) is 17.2 Å². The number of hydrogen-bond acceptors (Lipinski definition) is 5. The first-order chi connectivity index (χ1) is 19.6. The minimum absolute atomic E-state index is 0.175. The number of carbonyl (C=O) groups excluding carboxylic acids is 2. The van der Waals surface area contributed by atoms with E-state index in [2.05, 4.69) is 15.0 Å². The largest absolute Gasteiger partial charge is 0.573 e. The third kappa shape index (κ3) is 8.41. The van der Waals surface area contributed by atoms with E-state index in [4.69, 9.17) is 9.47 Å². The van der Waals surface area contributed by atoms with Gasteiger partial charge >= 0.3 is 6.36 Å². The van der Waals surface area contributed by atoms with Crippen molar-refractivity contribution in [3.8, 4) is 17.2 Å². The van der Waals surface area contributed by atoms with Crippen LogP contribution in [0.15, 0.2) is 79.0 Å². The van der Waals surface area contributed by atoms with Gasteiger partial charge in [-0.1, -0.05) is 36.4 Å². The van der Waals surface area contributed by atoms with E-state index in [1.54, 1.807) is 12.0 Å². The Morgan fingerprint density at radius 1 is 0.951 bits per heavy atom. The predicted molar refractivity (Wildman–Crippen MR) is 147 cm³/mol. The molecule has 11 heteroatoms. The Morgan fingerprint density at radius 3 is 2.34 bits per heavy atom. The van der Waals surface area contributed by atoms with Gasteiger partial charge in [-0.05, 0) is 48.4 Å². The number of H-pyrrole nitrogens is 1. The molecule has 0 aliphatic heterocycles. The van der Waals surface area contributed by atoms with Crippen LogP contribution in [0.1, 0.15) is 18.1 Å². The minimum Gasteiger partial charge on any atom is -0.496 e. The molecule has 0 unspecified atom stereocenters. The zero-order chi connectivity index (χ0) is 29.4. The first-order valence-electron chi connectivity index (χ1n) is 12.8. The quantitative estimate of drug-likeness (QED) is 0.244. The van der Waals surface area contributed by atoms with E-state index in [9.17, 15) is 22.8 Å². The molecule has 1 aromatic heterocycles. The molecule has 0 aliphatic rings. The predicted octanol–water partition coefficient (Wildman–Crippen LogP) is 5.23. The van der Waals surface area contributed by atoms with Gasteiger partial charge in [0.15, 0.2) is 6.61 Å². The Bertz CT molecular complexity index is 1470. The van der Waals surface area contributed by atoms with Crippen LogP contribution in [0.2, 0.25) is 0 Å². The van der Waals surface area contributed by atoms with Gasteiger partial charge in [-0.2, -0.15) is 0 Å². The minimum atomic E-state index is -4.80. The number of hydrogen-bond donors (Lipinski definition) is 2. The molecule has 0 fully saturated rings. The Balaban J connectivity index is 1.47. The molecule has 0 aliphatic carbocycles. The molecule has 0 radical (unpaired) electrons. The maximum absolute atomic E-state index is 12.9. The summed E-state index contributed by atoms with van der Waals surface area (Å²) in [6, 6.07) is 19.5. The summed E-state index contributed by atoms with van der Waals surface area (Å²) in [5.74, 6) is -0.175. The van der Waals surface area contributed by atoms with Gasteiger partial charge in [0.05, 0.1) is 13.2 Å². The molecular weight excluding hydrogens is 539 g/mol. The lowest BCUT2D eigenvalue weighted by Crippen LogP contribution is -2.47. The maximum Gasteiger partial charge on any atom is 0.573 e. The van der Waals surface area contributed by atoms with Crippen LogP contribution in [-0.2, 0) is 22.6 Å². The molecule has 1 heterocycles. The second-order valence-electron chi connectivity index (χ2n) is 9.35. The smallest absolute Gasteiger partial charge is 0.496 e. The molecule has 3 aromatic carbocycles. The number of nitrogens with zero attached hydrogens (tertiary/aromatic N) is 1. The molecule has 8 nitrogen and oxygen atoms in total. The summed E-state index contributed by atoms with van der Waals surface area (Å²) in [4.78, 5) is 30.5. The Hall–Kier alpha value is -4.67. The Labute approximate surface area is 235 Å². The third-order valence-electron chi connectivity index (χ3n) is 6.37. The van der Waals surface area contributed by atoms with E-state index in [0.717, 1.165) is 34.2 Å². The van der Waals surface area contributed by atoms with Crippen LogP contribution >= 0.6 is 0 Å². The maximum atomic E-state index is 12.9. The van der Waals surface area contributed by atoms with Crippen LogP contribution in [0, 0.1) is 0 Å². The summed E-state index contributed by atoms with van der Waals surface area (Å²) in [6.07, 6.45) is -2.50. The van der Waals surface area contributed by atoms with Crippen LogP contribution in [-0.4, -0.2) is 54.4 Å². The number of nitrogens with one attached hydrogen (secondary N) is 2.